The molecule has 0 radical (unpaired) electrons. The maximum absolute atomic E-state index is 12.6. The molecule has 0 aromatic heterocycles. The summed E-state index contributed by atoms with van der Waals surface area (Å²) in [6.45, 7) is 2.83. The molecule has 0 unspecified atom stereocenters. The molecule has 148 valence electrons. The molecule has 3 nitrogen and oxygen atoms in total. The van der Waals surface area contributed by atoms with E-state index < -0.39 is 12.7 Å². The van der Waals surface area contributed by atoms with Gasteiger partial charge in [0.25, 0.3) is 0 Å². The van der Waals surface area contributed by atoms with Gasteiger partial charge in [0.05, 0.1) is 12.7 Å². The molecule has 1 atom stereocenters. The van der Waals surface area contributed by atoms with E-state index in [1.165, 1.54) is 24.3 Å². The van der Waals surface area contributed by atoms with Gasteiger partial charge in [0.1, 0.15) is 0 Å². The van der Waals surface area contributed by atoms with Crippen molar-refractivity contribution in [3.05, 3.63) is 58.1 Å². The molecule has 27 heavy (non-hydrogen) atoms. The molecule has 0 heterocycles. The Morgan fingerprint density at radius 2 is 2.04 bits per heavy atom. The van der Waals surface area contributed by atoms with Gasteiger partial charge in [-0.15, -0.1) is 0 Å². The number of alkyl halides is 2. The first kappa shape index (κ1) is 21.7. The van der Waals surface area contributed by atoms with Crippen LogP contribution < -0.4 is 9.47 Å². The Morgan fingerprint density at radius 3 is 2.59 bits per heavy atom. The van der Waals surface area contributed by atoms with Crippen molar-refractivity contribution in [3.63, 3.8) is 0 Å². The molecule has 1 aromatic carbocycles. The van der Waals surface area contributed by atoms with E-state index in [2.05, 4.69) is 11.3 Å². The Bertz CT molecular complexity index is 728. The van der Waals surface area contributed by atoms with Crippen molar-refractivity contribution >= 4 is 23.2 Å². The van der Waals surface area contributed by atoms with E-state index >= 15 is 0 Å². The second-order valence-electron chi connectivity index (χ2n) is 6.23. The van der Waals surface area contributed by atoms with Crippen LogP contribution in [-0.4, -0.2) is 18.3 Å². The average Bonchev–Trinajstić information content (AvgIpc) is 3.47. The predicted molar refractivity (Wildman–Crippen MR) is 104 cm³/mol. The molecule has 2 rings (SSSR count). The van der Waals surface area contributed by atoms with Crippen molar-refractivity contribution in [2.45, 2.75) is 38.9 Å². The third kappa shape index (κ3) is 6.52. The first-order valence-corrected chi connectivity index (χ1v) is 9.34. The molecule has 0 bridgehead atoms. The van der Waals surface area contributed by atoms with Crippen LogP contribution in [0.3, 0.4) is 0 Å². The topological polar surface area (TPSA) is 38.7 Å². The molecular weight excluding hydrogens is 397 g/mol. The van der Waals surface area contributed by atoms with Crippen molar-refractivity contribution in [1.82, 2.24) is 0 Å². The average molecular weight is 419 g/mol. The standard InChI is InChI=1S/C20H22Cl2F2O3/c1-3-15(21)14(16(22)4-2)10-17(25)13-7-8-18(27-20(23)24)19(9-13)26-11-12-5-6-12/h3-4,7-9,12,17,20,25H,1,5-6,10-11H2,2H3/b15-14+,16-4+/t17-/m0/s1. The van der Waals surface area contributed by atoms with E-state index in [1.807, 2.05) is 0 Å². The largest absolute Gasteiger partial charge is 0.489 e. The molecule has 1 aromatic rings. The lowest BCUT2D eigenvalue weighted by Crippen LogP contribution is -2.08. The fraction of sp³-hybridized carbons (Fsp3) is 0.400. The zero-order valence-electron chi connectivity index (χ0n) is 14.9. The summed E-state index contributed by atoms with van der Waals surface area (Å²) in [6.07, 6.45) is 4.39. The molecule has 1 fully saturated rings. The van der Waals surface area contributed by atoms with Crippen LogP contribution in [0.1, 0.15) is 37.9 Å². The number of aliphatic hydroxyl groups is 1. The number of aliphatic hydroxyl groups excluding tert-OH is 1. The Hall–Kier alpha value is -1.56. The highest BCUT2D eigenvalue weighted by molar-refractivity contribution is 6.36. The Balaban J connectivity index is 2.24. The molecule has 1 aliphatic carbocycles. The number of hydrogen-bond donors (Lipinski definition) is 1. The van der Waals surface area contributed by atoms with Gasteiger partial charge in [0.2, 0.25) is 0 Å². The van der Waals surface area contributed by atoms with Gasteiger partial charge in [-0.1, -0.05) is 48.0 Å². The van der Waals surface area contributed by atoms with Crippen molar-refractivity contribution in [2.75, 3.05) is 6.61 Å². The fourth-order valence-corrected chi connectivity index (χ4v) is 2.85. The maximum atomic E-state index is 12.6. The Morgan fingerprint density at radius 1 is 1.33 bits per heavy atom. The number of ether oxygens (including phenoxy) is 2. The van der Waals surface area contributed by atoms with Crippen LogP contribution in [0.25, 0.3) is 0 Å². The van der Waals surface area contributed by atoms with E-state index in [9.17, 15) is 13.9 Å². The quantitative estimate of drug-likeness (QED) is 0.451. The minimum Gasteiger partial charge on any atom is -0.489 e. The lowest BCUT2D eigenvalue weighted by molar-refractivity contribution is -0.0515. The first-order chi connectivity index (χ1) is 12.8. The Kier molecular flexibility index (Phi) is 8.14. The number of halogens is 4. The van der Waals surface area contributed by atoms with E-state index in [-0.39, 0.29) is 17.9 Å². The smallest absolute Gasteiger partial charge is 0.387 e. The van der Waals surface area contributed by atoms with Crippen LogP contribution in [-0.2, 0) is 0 Å². The molecule has 0 amide bonds. The third-order valence-corrected chi connectivity index (χ3v) is 4.98. The molecule has 1 saturated carbocycles. The lowest BCUT2D eigenvalue weighted by atomic mass is 10.00. The summed E-state index contributed by atoms with van der Waals surface area (Å²) in [5.74, 6) is 0.552. The summed E-state index contributed by atoms with van der Waals surface area (Å²) in [5.41, 5.74) is 1.02. The minimum absolute atomic E-state index is 0.0621. The van der Waals surface area contributed by atoms with E-state index in [0.29, 0.717) is 33.7 Å². The highest BCUT2D eigenvalue weighted by atomic mass is 35.5. The zero-order valence-corrected chi connectivity index (χ0v) is 16.4. The fourth-order valence-electron chi connectivity index (χ4n) is 2.45. The SMILES string of the molecule is C=C/C(Cl)=C(C[C@H](O)c1ccc(OC(F)F)c(OCC2CC2)c1)\C(Cl)=C/C. The lowest BCUT2D eigenvalue weighted by Gasteiger charge is -2.18. The van der Waals surface area contributed by atoms with Crippen LogP contribution in [0.4, 0.5) is 8.78 Å². The van der Waals surface area contributed by atoms with Crippen molar-refractivity contribution in [1.29, 1.82) is 0 Å². The summed E-state index contributed by atoms with van der Waals surface area (Å²) < 4.78 is 35.4. The van der Waals surface area contributed by atoms with Crippen LogP contribution in [0.2, 0.25) is 0 Å². The molecule has 0 spiro atoms. The number of hydrogen-bond acceptors (Lipinski definition) is 3. The van der Waals surface area contributed by atoms with Crippen LogP contribution in [0, 0.1) is 5.92 Å². The molecule has 0 saturated heterocycles. The summed E-state index contributed by atoms with van der Waals surface area (Å²) in [5, 5.41) is 11.3. The van der Waals surface area contributed by atoms with Crippen LogP contribution in [0.15, 0.2) is 52.6 Å². The van der Waals surface area contributed by atoms with E-state index in [0.717, 1.165) is 12.8 Å². The number of allylic oxidation sites excluding steroid dienone is 4. The minimum atomic E-state index is -2.96. The van der Waals surface area contributed by atoms with Gasteiger partial charge < -0.3 is 14.6 Å². The highest BCUT2D eigenvalue weighted by Gasteiger charge is 2.24. The second-order valence-corrected chi connectivity index (χ2v) is 7.04. The van der Waals surface area contributed by atoms with Gasteiger partial charge >= 0.3 is 6.61 Å². The van der Waals surface area contributed by atoms with Gasteiger partial charge in [-0.2, -0.15) is 8.78 Å². The number of benzene rings is 1. The molecule has 7 heteroatoms. The summed E-state index contributed by atoms with van der Waals surface area (Å²) in [4.78, 5) is 0. The highest BCUT2D eigenvalue weighted by Crippen LogP contribution is 2.37. The molecular formula is C20H22Cl2F2O3. The first-order valence-electron chi connectivity index (χ1n) is 8.58. The van der Waals surface area contributed by atoms with Crippen LogP contribution >= 0.6 is 23.2 Å². The monoisotopic (exact) mass is 418 g/mol. The molecule has 1 aliphatic rings. The van der Waals surface area contributed by atoms with Crippen molar-refractivity contribution < 1.29 is 23.4 Å². The van der Waals surface area contributed by atoms with Gasteiger partial charge in [-0.3, -0.25) is 0 Å². The summed E-state index contributed by atoms with van der Waals surface area (Å²) in [7, 11) is 0. The summed E-state index contributed by atoms with van der Waals surface area (Å²) in [6, 6.07) is 4.38. The van der Waals surface area contributed by atoms with Gasteiger partial charge in [0, 0.05) is 16.5 Å². The normalized spacial score (nSPS) is 16.8. The maximum Gasteiger partial charge on any atom is 0.387 e. The van der Waals surface area contributed by atoms with Gasteiger partial charge in [-0.05, 0) is 49.0 Å². The van der Waals surface area contributed by atoms with Crippen molar-refractivity contribution in [3.8, 4) is 11.5 Å². The Labute approximate surface area is 167 Å². The van der Waals surface area contributed by atoms with Crippen LogP contribution in [0.5, 0.6) is 11.5 Å². The number of rotatable bonds is 10. The van der Waals surface area contributed by atoms with Gasteiger partial charge in [0.15, 0.2) is 11.5 Å². The van der Waals surface area contributed by atoms with Gasteiger partial charge in [-0.25, -0.2) is 0 Å². The molecule has 1 N–H and O–H groups in total. The predicted octanol–water partition coefficient (Wildman–Crippen LogP) is 6.32. The third-order valence-electron chi connectivity index (χ3n) is 4.15. The van der Waals surface area contributed by atoms with E-state index in [1.54, 1.807) is 13.0 Å². The zero-order chi connectivity index (χ0) is 20.0. The molecule has 0 aliphatic heterocycles. The summed E-state index contributed by atoms with van der Waals surface area (Å²) >= 11 is 12.3. The van der Waals surface area contributed by atoms with Crippen molar-refractivity contribution in [2.24, 2.45) is 5.92 Å². The van der Waals surface area contributed by atoms with E-state index in [4.69, 9.17) is 27.9 Å². The second kappa shape index (κ2) is 10.1.